The maximum atomic E-state index is 12.0. The molecule has 2 rings (SSSR count). The van der Waals surface area contributed by atoms with Crippen LogP contribution in [0.3, 0.4) is 0 Å². The lowest BCUT2D eigenvalue weighted by atomic mass is 9.99. The molecule has 0 bridgehead atoms. The second kappa shape index (κ2) is 7.74. The number of piperidine rings is 1. The van der Waals surface area contributed by atoms with Gasteiger partial charge in [-0.3, -0.25) is 4.79 Å². The average Bonchev–Trinajstić information content (AvgIpc) is 2.53. The molecule has 122 valence electrons. The van der Waals surface area contributed by atoms with Gasteiger partial charge in [0.2, 0.25) is 15.9 Å². The van der Waals surface area contributed by atoms with E-state index >= 15 is 0 Å². The molecule has 5 nitrogen and oxygen atoms in total. The fourth-order valence-electron chi connectivity index (χ4n) is 2.51. The maximum Gasteiger partial charge on any atom is 0.237 e. The molecule has 1 aliphatic heterocycles. The molecule has 1 aliphatic rings. The van der Waals surface area contributed by atoms with E-state index in [1.165, 1.54) is 0 Å². The Bertz CT molecular complexity index is 579. The summed E-state index contributed by atoms with van der Waals surface area (Å²) >= 11 is 0. The average molecular weight is 324 g/mol. The lowest BCUT2D eigenvalue weighted by molar-refractivity contribution is -0.131. The summed E-state index contributed by atoms with van der Waals surface area (Å²) in [4.78, 5) is 13.8. The van der Waals surface area contributed by atoms with Crippen molar-refractivity contribution >= 4 is 15.9 Å². The molecule has 1 saturated heterocycles. The first-order chi connectivity index (χ1) is 10.5. The van der Waals surface area contributed by atoms with Gasteiger partial charge < -0.3 is 4.90 Å². The van der Waals surface area contributed by atoms with Crippen molar-refractivity contribution in [2.75, 3.05) is 25.4 Å². The van der Waals surface area contributed by atoms with Crippen LogP contribution in [0.15, 0.2) is 30.3 Å². The van der Waals surface area contributed by atoms with Crippen molar-refractivity contribution in [2.24, 2.45) is 5.92 Å². The third-order valence-electron chi connectivity index (χ3n) is 4.08. The zero-order valence-corrected chi connectivity index (χ0v) is 13.8. The van der Waals surface area contributed by atoms with Crippen molar-refractivity contribution in [3.63, 3.8) is 0 Å². The molecule has 0 radical (unpaired) electrons. The van der Waals surface area contributed by atoms with Crippen LogP contribution in [-0.4, -0.2) is 44.6 Å². The SMILES string of the molecule is CC1CCN(C(=O)CNS(=O)(=O)CCc2ccccc2)CC1. The highest BCUT2D eigenvalue weighted by Gasteiger charge is 2.21. The Morgan fingerprint density at radius 3 is 2.50 bits per heavy atom. The number of hydrogen-bond acceptors (Lipinski definition) is 3. The summed E-state index contributed by atoms with van der Waals surface area (Å²) in [5.74, 6) is 0.517. The van der Waals surface area contributed by atoms with Gasteiger partial charge in [0.25, 0.3) is 0 Å². The molecule has 0 atom stereocenters. The minimum absolute atomic E-state index is 0.00132. The molecule has 1 aromatic carbocycles. The highest BCUT2D eigenvalue weighted by atomic mass is 32.2. The van der Waals surface area contributed by atoms with Crippen LogP contribution in [0.5, 0.6) is 0 Å². The van der Waals surface area contributed by atoms with Gasteiger partial charge in [0.15, 0.2) is 0 Å². The normalized spacial score (nSPS) is 16.7. The summed E-state index contributed by atoms with van der Waals surface area (Å²) in [5, 5.41) is 0. The van der Waals surface area contributed by atoms with Gasteiger partial charge >= 0.3 is 0 Å². The van der Waals surface area contributed by atoms with Crippen molar-refractivity contribution in [3.8, 4) is 0 Å². The summed E-state index contributed by atoms with van der Waals surface area (Å²) in [6.07, 6.45) is 2.44. The molecule has 0 unspecified atom stereocenters. The Hall–Kier alpha value is -1.40. The molecule has 1 N–H and O–H groups in total. The van der Waals surface area contributed by atoms with Crippen LogP contribution < -0.4 is 4.72 Å². The largest absolute Gasteiger partial charge is 0.342 e. The predicted molar refractivity (Wildman–Crippen MR) is 86.9 cm³/mol. The van der Waals surface area contributed by atoms with Crippen molar-refractivity contribution in [1.82, 2.24) is 9.62 Å². The molecule has 6 heteroatoms. The van der Waals surface area contributed by atoms with Crippen LogP contribution >= 0.6 is 0 Å². The van der Waals surface area contributed by atoms with Gasteiger partial charge in [-0.1, -0.05) is 37.3 Å². The van der Waals surface area contributed by atoms with Gasteiger partial charge in [-0.15, -0.1) is 0 Å². The zero-order chi connectivity index (χ0) is 16.0. The second-order valence-corrected chi connectivity index (χ2v) is 7.87. The Kier molecular flexibility index (Phi) is 5.97. The lowest BCUT2D eigenvalue weighted by Crippen LogP contribution is -2.44. The number of sulfonamides is 1. The number of likely N-dealkylation sites (tertiary alicyclic amines) is 1. The van der Waals surface area contributed by atoms with Crippen LogP contribution in [0, 0.1) is 5.92 Å². The minimum atomic E-state index is -3.42. The van der Waals surface area contributed by atoms with E-state index < -0.39 is 10.0 Å². The van der Waals surface area contributed by atoms with Crippen LogP contribution in [0.4, 0.5) is 0 Å². The van der Waals surface area contributed by atoms with Crippen LogP contribution in [-0.2, 0) is 21.2 Å². The number of nitrogens with one attached hydrogen (secondary N) is 1. The molecular formula is C16H24N2O3S. The number of benzene rings is 1. The lowest BCUT2D eigenvalue weighted by Gasteiger charge is -2.30. The van der Waals surface area contributed by atoms with E-state index in [2.05, 4.69) is 11.6 Å². The topological polar surface area (TPSA) is 66.5 Å². The van der Waals surface area contributed by atoms with Gasteiger partial charge in [-0.05, 0) is 30.7 Å². The van der Waals surface area contributed by atoms with Gasteiger partial charge in [0.1, 0.15) is 0 Å². The number of hydrogen-bond donors (Lipinski definition) is 1. The Morgan fingerprint density at radius 2 is 1.86 bits per heavy atom. The molecule has 0 saturated carbocycles. The second-order valence-electron chi connectivity index (χ2n) is 5.94. The number of carbonyl (C=O) groups excluding carboxylic acids is 1. The molecule has 1 heterocycles. The fourth-order valence-corrected chi connectivity index (χ4v) is 3.50. The van der Waals surface area contributed by atoms with Crippen LogP contribution in [0.1, 0.15) is 25.3 Å². The van der Waals surface area contributed by atoms with Crippen molar-refractivity contribution in [3.05, 3.63) is 35.9 Å². The molecule has 1 amide bonds. The monoisotopic (exact) mass is 324 g/mol. The van der Waals surface area contributed by atoms with E-state index in [0.29, 0.717) is 12.3 Å². The first kappa shape index (κ1) is 17.0. The standard InChI is InChI=1S/C16H24N2O3S/c1-14-7-10-18(11-8-14)16(19)13-17-22(20,21)12-9-15-5-3-2-4-6-15/h2-6,14,17H,7-13H2,1H3. The first-order valence-corrected chi connectivity index (χ1v) is 9.40. The predicted octanol–water partition coefficient (Wildman–Crippen LogP) is 1.41. The van der Waals surface area contributed by atoms with Gasteiger partial charge in [0.05, 0.1) is 12.3 Å². The summed E-state index contributed by atoms with van der Waals surface area (Å²) < 4.78 is 26.3. The van der Waals surface area contributed by atoms with E-state index in [1.54, 1.807) is 4.90 Å². The summed E-state index contributed by atoms with van der Waals surface area (Å²) in [6.45, 7) is 3.50. The van der Waals surface area contributed by atoms with Crippen LogP contribution in [0.2, 0.25) is 0 Å². The van der Waals surface area contributed by atoms with E-state index in [1.807, 2.05) is 30.3 Å². The van der Waals surface area contributed by atoms with E-state index in [0.717, 1.165) is 31.5 Å². The van der Waals surface area contributed by atoms with E-state index in [-0.39, 0.29) is 18.2 Å². The quantitative estimate of drug-likeness (QED) is 0.860. The molecule has 1 fully saturated rings. The molecule has 0 aliphatic carbocycles. The van der Waals surface area contributed by atoms with Crippen molar-refractivity contribution in [2.45, 2.75) is 26.2 Å². The smallest absolute Gasteiger partial charge is 0.237 e. The Balaban J connectivity index is 1.76. The van der Waals surface area contributed by atoms with Crippen LogP contribution in [0.25, 0.3) is 0 Å². The molecule has 22 heavy (non-hydrogen) atoms. The first-order valence-electron chi connectivity index (χ1n) is 7.75. The number of amides is 1. The van der Waals surface area contributed by atoms with Gasteiger partial charge in [0, 0.05) is 13.1 Å². The summed E-state index contributed by atoms with van der Waals surface area (Å²) in [7, 11) is -3.42. The third-order valence-corrected chi connectivity index (χ3v) is 5.41. The Morgan fingerprint density at radius 1 is 1.23 bits per heavy atom. The van der Waals surface area contributed by atoms with E-state index in [4.69, 9.17) is 0 Å². The third kappa shape index (κ3) is 5.42. The Labute approximate surface area is 132 Å². The zero-order valence-electron chi connectivity index (χ0n) is 13.0. The summed E-state index contributed by atoms with van der Waals surface area (Å²) in [6, 6.07) is 9.46. The number of nitrogens with zero attached hydrogens (tertiary/aromatic N) is 1. The van der Waals surface area contributed by atoms with E-state index in [9.17, 15) is 13.2 Å². The molecule has 0 aromatic heterocycles. The van der Waals surface area contributed by atoms with Crippen molar-refractivity contribution in [1.29, 1.82) is 0 Å². The molecular weight excluding hydrogens is 300 g/mol. The van der Waals surface area contributed by atoms with Gasteiger partial charge in [-0.2, -0.15) is 0 Å². The number of carbonyl (C=O) groups is 1. The molecule has 1 aromatic rings. The number of rotatable bonds is 6. The van der Waals surface area contributed by atoms with Crippen molar-refractivity contribution < 1.29 is 13.2 Å². The summed E-state index contributed by atoms with van der Waals surface area (Å²) in [5.41, 5.74) is 0.976. The highest BCUT2D eigenvalue weighted by molar-refractivity contribution is 7.89. The molecule has 0 spiro atoms. The van der Waals surface area contributed by atoms with Gasteiger partial charge in [-0.25, -0.2) is 13.1 Å². The minimum Gasteiger partial charge on any atom is -0.342 e. The fraction of sp³-hybridized carbons (Fsp3) is 0.562. The highest BCUT2D eigenvalue weighted by Crippen LogP contribution is 2.15. The maximum absolute atomic E-state index is 12.0. The number of aryl methyl sites for hydroxylation is 1.